The minimum atomic E-state index is 0.0999. The molecule has 0 heterocycles. The molecule has 0 unspecified atom stereocenters. The van der Waals surface area contributed by atoms with Crippen molar-refractivity contribution < 1.29 is 9.53 Å². The van der Waals surface area contributed by atoms with E-state index in [1.807, 2.05) is 25.1 Å². The van der Waals surface area contributed by atoms with Crippen molar-refractivity contribution in [1.82, 2.24) is 4.90 Å². The predicted octanol–water partition coefficient (Wildman–Crippen LogP) is 3.52. The summed E-state index contributed by atoms with van der Waals surface area (Å²) >= 11 is 0. The second kappa shape index (κ2) is 7.95. The van der Waals surface area contributed by atoms with Crippen LogP contribution in [0.4, 0.5) is 0 Å². The largest absolute Gasteiger partial charge is 0.494 e. The monoisotopic (exact) mass is 263 g/mol. The molecule has 0 radical (unpaired) electrons. The highest BCUT2D eigenvalue weighted by molar-refractivity contribution is 5.94. The Hall–Kier alpha value is -1.35. The SMILES string of the molecule is CCCN(CC)Cc1cc(C(C)=O)ccc1OCC. The molecule has 0 N–H and O–H groups in total. The van der Waals surface area contributed by atoms with Gasteiger partial charge in [-0.1, -0.05) is 13.8 Å². The smallest absolute Gasteiger partial charge is 0.159 e. The Morgan fingerprint density at radius 3 is 2.53 bits per heavy atom. The van der Waals surface area contributed by atoms with E-state index in [9.17, 15) is 4.79 Å². The molecule has 0 atom stereocenters. The van der Waals surface area contributed by atoms with Crippen molar-refractivity contribution in [3.05, 3.63) is 29.3 Å². The average molecular weight is 263 g/mol. The van der Waals surface area contributed by atoms with Gasteiger partial charge in [-0.2, -0.15) is 0 Å². The molecule has 3 heteroatoms. The lowest BCUT2D eigenvalue weighted by Crippen LogP contribution is -2.24. The fourth-order valence-electron chi connectivity index (χ4n) is 2.12. The number of hydrogen-bond acceptors (Lipinski definition) is 3. The number of ether oxygens (including phenoxy) is 1. The molecule has 1 rings (SSSR count). The Balaban J connectivity index is 2.98. The Morgan fingerprint density at radius 2 is 2.00 bits per heavy atom. The Labute approximate surface area is 116 Å². The highest BCUT2D eigenvalue weighted by Gasteiger charge is 2.11. The standard InChI is InChI=1S/C16H25NO2/c1-5-10-17(6-2)12-15-11-14(13(4)18)8-9-16(15)19-7-3/h8-9,11H,5-7,10,12H2,1-4H3. The van der Waals surface area contributed by atoms with Crippen LogP contribution in [-0.2, 0) is 6.54 Å². The van der Waals surface area contributed by atoms with Gasteiger partial charge in [0.1, 0.15) is 5.75 Å². The van der Waals surface area contributed by atoms with E-state index in [4.69, 9.17) is 4.74 Å². The Morgan fingerprint density at radius 1 is 1.26 bits per heavy atom. The van der Waals surface area contributed by atoms with Gasteiger partial charge in [-0.15, -0.1) is 0 Å². The van der Waals surface area contributed by atoms with E-state index in [-0.39, 0.29) is 5.78 Å². The zero-order chi connectivity index (χ0) is 14.3. The third-order valence-corrected chi connectivity index (χ3v) is 3.15. The van der Waals surface area contributed by atoms with Gasteiger partial charge in [0.2, 0.25) is 0 Å². The first-order chi connectivity index (χ1) is 9.12. The van der Waals surface area contributed by atoms with Gasteiger partial charge in [-0.05, 0) is 51.6 Å². The summed E-state index contributed by atoms with van der Waals surface area (Å²) in [6, 6.07) is 5.72. The van der Waals surface area contributed by atoms with Crippen LogP contribution in [0.1, 0.15) is 50.0 Å². The van der Waals surface area contributed by atoms with Crippen LogP contribution in [0.2, 0.25) is 0 Å². The van der Waals surface area contributed by atoms with E-state index in [0.717, 1.165) is 42.9 Å². The molecule has 19 heavy (non-hydrogen) atoms. The summed E-state index contributed by atoms with van der Waals surface area (Å²) in [7, 11) is 0. The summed E-state index contributed by atoms with van der Waals surface area (Å²) in [4.78, 5) is 13.9. The number of benzene rings is 1. The number of rotatable bonds is 8. The van der Waals surface area contributed by atoms with E-state index in [2.05, 4.69) is 18.7 Å². The normalized spacial score (nSPS) is 10.8. The number of carbonyl (C=O) groups excluding carboxylic acids is 1. The third-order valence-electron chi connectivity index (χ3n) is 3.15. The molecule has 3 nitrogen and oxygen atoms in total. The van der Waals surface area contributed by atoms with Gasteiger partial charge in [0.25, 0.3) is 0 Å². The van der Waals surface area contributed by atoms with Crippen molar-refractivity contribution >= 4 is 5.78 Å². The topological polar surface area (TPSA) is 29.5 Å². The number of ketones is 1. The average Bonchev–Trinajstić information content (AvgIpc) is 2.40. The fraction of sp³-hybridized carbons (Fsp3) is 0.562. The highest BCUT2D eigenvalue weighted by Crippen LogP contribution is 2.22. The maximum Gasteiger partial charge on any atom is 0.159 e. The number of hydrogen-bond donors (Lipinski definition) is 0. The molecule has 0 spiro atoms. The quantitative estimate of drug-likeness (QED) is 0.672. The molecule has 0 saturated heterocycles. The maximum absolute atomic E-state index is 11.5. The molecule has 1 aromatic carbocycles. The van der Waals surface area contributed by atoms with E-state index >= 15 is 0 Å². The van der Waals surface area contributed by atoms with Crippen LogP contribution in [0.25, 0.3) is 0 Å². The maximum atomic E-state index is 11.5. The summed E-state index contributed by atoms with van der Waals surface area (Å²) in [6.45, 7) is 11.5. The summed E-state index contributed by atoms with van der Waals surface area (Å²) in [5.41, 5.74) is 1.86. The van der Waals surface area contributed by atoms with Gasteiger partial charge < -0.3 is 4.74 Å². The van der Waals surface area contributed by atoms with E-state index < -0.39 is 0 Å². The fourth-order valence-corrected chi connectivity index (χ4v) is 2.12. The molecule has 0 bridgehead atoms. The molecular formula is C16H25NO2. The zero-order valence-electron chi connectivity index (χ0n) is 12.5. The van der Waals surface area contributed by atoms with Crippen molar-refractivity contribution in [3.63, 3.8) is 0 Å². The van der Waals surface area contributed by atoms with Crippen LogP contribution in [0.15, 0.2) is 18.2 Å². The highest BCUT2D eigenvalue weighted by atomic mass is 16.5. The van der Waals surface area contributed by atoms with Crippen LogP contribution in [0.5, 0.6) is 5.75 Å². The molecule has 0 aliphatic carbocycles. The third kappa shape index (κ3) is 4.67. The lowest BCUT2D eigenvalue weighted by molar-refractivity contribution is 0.101. The summed E-state index contributed by atoms with van der Waals surface area (Å²) in [5.74, 6) is 0.991. The Kier molecular flexibility index (Phi) is 6.57. The van der Waals surface area contributed by atoms with Gasteiger partial charge in [-0.25, -0.2) is 0 Å². The van der Waals surface area contributed by atoms with Gasteiger partial charge in [-0.3, -0.25) is 9.69 Å². The molecule has 0 fully saturated rings. The molecule has 0 aromatic heterocycles. The first-order valence-corrected chi connectivity index (χ1v) is 7.11. The van der Waals surface area contributed by atoms with Crippen LogP contribution >= 0.6 is 0 Å². The lowest BCUT2D eigenvalue weighted by atomic mass is 10.1. The van der Waals surface area contributed by atoms with Gasteiger partial charge >= 0.3 is 0 Å². The summed E-state index contributed by atoms with van der Waals surface area (Å²) < 4.78 is 5.66. The first-order valence-electron chi connectivity index (χ1n) is 7.11. The Bertz CT molecular complexity index is 415. The van der Waals surface area contributed by atoms with Gasteiger partial charge in [0.05, 0.1) is 6.61 Å². The van der Waals surface area contributed by atoms with Crippen LogP contribution < -0.4 is 4.74 Å². The van der Waals surface area contributed by atoms with E-state index in [1.54, 1.807) is 6.92 Å². The molecule has 0 saturated carbocycles. The summed E-state index contributed by atoms with van der Waals surface area (Å²) in [5, 5.41) is 0. The lowest BCUT2D eigenvalue weighted by Gasteiger charge is -2.21. The number of nitrogens with zero attached hydrogens (tertiary/aromatic N) is 1. The minimum absolute atomic E-state index is 0.0999. The second-order valence-corrected chi connectivity index (χ2v) is 4.68. The van der Waals surface area contributed by atoms with Crippen LogP contribution in [0.3, 0.4) is 0 Å². The number of Topliss-reactive ketones (excluding diaryl/α,β-unsaturated/α-hetero) is 1. The van der Waals surface area contributed by atoms with E-state index in [1.165, 1.54) is 0 Å². The molecule has 1 aromatic rings. The van der Waals surface area contributed by atoms with E-state index in [0.29, 0.717) is 6.61 Å². The molecule has 0 aliphatic heterocycles. The number of carbonyl (C=O) groups is 1. The van der Waals surface area contributed by atoms with Gasteiger partial charge in [0.15, 0.2) is 5.78 Å². The molecule has 0 amide bonds. The van der Waals surface area contributed by atoms with Crippen molar-refractivity contribution in [2.45, 2.75) is 40.7 Å². The predicted molar refractivity (Wildman–Crippen MR) is 78.9 cm³/mol. The molecular weight excluding hydrogens is 238 g/mol. The summed E-state index contributed by atoms with van der Waals surface area (Å²) in [6.07, 6.45) is 1.13. The van der Waals surface area contributed by atoms with Crippen molar-refractivity contribution in [3.8, 4) is 5.75 Å². The molecule has 0 aliphatic rings. The van der Waals surface area contributed by atoms with Crippen molar-refractivity contribution in [2.24, 2.45) is 0 Å². The second-order valence-electron chi connectivity index (χ2n) is 4.68. The van der Waals surface area contributed by atoms with Crippen LogP contribution in [0, 0.1) is 0 Å². The van der Waals surface area contributed by atoms with Crippen LogP contribution in [-0.4, -0.2) is 30.4 Å². The zero-order valence-corrected chi connectivity index (χ0v) is 12.5. The first kappa shape index (κ1) is 15.7. The minimum Gasteiger partial charge on any atom is -0.494 e. The van der Waals surface area contributed by atoms with Crippen molar-refractivity contribution in [2.75, 3.05) is 19.7 Å². The van der Waals surface area contributed by atoms with Crippen molar-refractivity contribution in [1.29, 1.82) is 0 Å². The molecule has 106 valence electrons. The van der Waals surface area contributed by atoms with Gasteiger partial charge in [0, 0.05) is 17.7 Å².